The summed E-state index contributed by atoms with van der Waals surface area (Å²) in [7, 11) is -8.23. The standard InChI is InChI=1S/C19H14O6S2/c20-19(21)17-12-11-16(26(22,23)14-7-3-1-4-8-14)13-18(17)27(24,25)15-9-5-2-6-10-15/h1-13H,(H,20,21). The van der Waals surface area contributed by atoms with E-state index in [9.17, 15) is 26.7 Å². The van der Waals surface area contributed by atoms with Gasteiger partial charge in [-0.05, 0) is 42.5 Å². The molecule has 0 bridgehead atoms. The monoisotopic (exact) mass is 402 g/mol. The van der Waals surface area contributed by atoms with Crippen LogP contribution in [0.2, 0.25) is 0 Å². The zero-order chi connectivity index (χ0) is 19.7. The molecule has 27 heavy (non-hydrogen) atoms. The Morgan fingerprint density at radius 2 is 1.11 bits per heavy atom. The number of aromatic carboxylic acids is 1. The van der Waals surface area contributed by atoms with Crippen LogP contribution >= 0.6 is 0 Å². The fourth-order valence-electron chi connectivity index (χ4n) is 2.53. The zero-order valence-corrected chi connectivity index (χ0v) is 15.4. The zero-order valence-electron chi connectivity index (χ0n) is 13.8. The summed E-state index contributed by atoms with van der Waals surface area (Å²) in [4.78, 5) is 10.5. The molecule has 0 aliphatic carbocycles. The predicted molar refractivity (Wildman–Crippen MR) is 97.2 cm³/mol. The first kappa shape index (κ1) is 18.8. The molecule has 0 fully saturated rings. The van der Waals surface area contributed by atoms with Crippen molar-refractivity contribution in [3.05, 3.63) is 84.4 Å². The maximum Gasteiger partial charge on any atom is 0.337 e. The molecule has 6 nitrogen and oxygen atoms in total. The van der Waals surface area contributed by atoms with Crippen LogP contribution in [-0.2, 0) is 19.7 Å². The Balaban J connectivity index is 2.26. The normalized spacial score (nSPS) is 11.9. The molecule has 0 aliphatic heterocycles. The Morgan fingerprint density at radius 1 is 0.630 bits per heavy atom. The lowest BCUT2D eigenvalue weighted by molar-refractivity contribution is 0.0692. The van der Waals surface area contributed by atoms with Crippen LogP contribution in [0.15, 0.2) is 98.4 Å². The third kappa shape index (κ3) is 3.49. The van der Waals surface area contributed by atoms with Crippen molar-refractivity contribution >= 4 is 25.6 Å². The van der Waals surface area contributed by atoms with Gasteiger partial charge in [-0.3, -0.25) is 0 Å². The van der Waals surface area contributed by atoms with E-state index in [2.05, 4.69) is 0 Å². The molecule has 1 N–H and O–H groups in total. The molecule has 0 saturated carbocycles. The second kappa shape index (κ2) is 6.98. The van der Waals surface area contributed by atoms with Crippen molar-refractivity contribution in [3.8, 4) is 0 Å². The topological polar surface area (TPSA) is 106 Å². The fraction of sp³-hybridized carbons (Fsp3) is 0. The Morgan fingerprint density at radius 3 is 1.59 bits per heavy atom. The lowest BCUT2D eigenvalue weighted by Gasteiger charge is -2.11. The minimum absolute atomic E-state index is 0.0175. The van der Waals surface area contributed by atoms with Gasteiger partial charge in [0.05, 0.1) is 25.1 Å². The van der Waals surface area contributed by atoms with E-state index < -0.39 is 36.1 Å². The minimum atomic E-state index is -4.22. The van der Waals surface area contributed by atoms with Crippen molar-refractivity contribution in [2.24, 2.45) is 0 Å². The summed E-state index contributed by atoms with van der Waals surface area (Å²) in [6.07, 6.45) is 0. The summed E-state index contributed by atoms with van der Waals surface area (Å²) < 4.78 is 51.4. The van der Waals surface area contributed by atoms with Crippen molar-refractivity contribution in [3.63, 3.8) is 0 Å². The molecule has 0 saturated heterocycles. The van der Waals surface area contributed by atoms with Crippen molar-refractivity contribution in [1.82, 2.24) is 0 Å². The molecule has 0 amide bonds. The number of hydrogen-bond donors (Lipinski definition) is 1. The maximum absolute atomic E-state index is 12.9. The number of carbonyl (C=O) groups is 1. The smallest absolute Gasteiger partial charge is 0.337 e. The molecule has 0 atom stereocenters. The van der Waals surface area contributed by atoms with Crippen molar-refractivity contribution in [2.45, 2.75) is 19.6 Å². The molecule has 0 heterocycles. The van der Waals surface area contributed by atoms with Crippen LogP contribution in [0, 0.1) is 0 Å². The molecule has 0 unspecified atom stereocenters. The van der Waals surface area contributed by atoms with Gasteiger partial charge >= 0.3 is 5.97 Å². The Kier molecular flexibility index (Phi) is 4.86. The van der Waals surface area contributed by atoms with Gasteiger partial charge in [-0.1, -0.05) is 36.4 Å². The summed E-state index contributed by atoms with van der Waals surface area (Å²) in [5, 5.41) is 9.37. The number of hydrogen-bond acceptors (Lipinski definition) is 5. The van der Waals surface area contributed by atoms with Crippen LogP contribution in [0.3, 0.4) is 0 Å². The van der Waals surface area contributed by atoms with E-state index in [1.54, 1.807) is 24.3 Å². The molecule has 8 heteroatoms. The fourth-order valence-corrected chi connectivity index (χ4v) is 5.41. The van der Waals surface area contributed by atoms with E-state index in [1.807, 2.05) is 0 Å². The van der Waals surface area contributed by atoms with Gasteiger partial charge in [0, 0.05) is 0 Å². The molecule has 0 aromatic heterocycles. The largest absolute Gasteiger partial charge is 0.478 e. The second-order valence-electron chi connectivity index (χ2n) is 5.60. The number of benzene rings is 3. The molecule has 3 aromatic rings. The van der Waals surface area contributed by atoms with Crippen LogP contribution < -0.4 is 0 Å². The van der Waals surface area contributed by atoms with Gasteiger partial charge in [-0.25, -0.2) is 21.6 Å². The van der Waals surface area contributed by atoms with E-state index in [1.165, 1.54) is 36.4 Å². The first-order valence-corrected chi connectivity index (χ1v) is 10.7. The molecule has 138 valence electrons. The minimum Gasteiger partial charge on any atom is -0.478 e. The summed E-state index contributed by atoms with van der Waals surface area (Å²) >= 11 is 0. The number of rotatable bonds is 5. The SMILES string of the molecule is O=C(O)c1ccc(S(=O)(=O)c2ccccc2)cc1S(=O)(=O)c1ccccc1. The number of carboxylic acid groups (broad SMARTS) is 1. The third-order valence-corrected chi connectivity index (χ3v) is 7.47. The highest BCUT2D eigenvalue weighted by Gasteiger charge is 2.28. The van der Waals surface area contributed by atoms with Gasteiger partial charge in [0.15, 0.2) is 0 Å². The molecule has 0 spiro atoms. The molecular weight excluding hydrogens is 388 g/mol. The van der Waals surface area contributed by atoms with E-state index >= 15 is 0 Å². The van der Waals surface area contributed by atoms with E-state index in [0.29, 0.717) is 0 Å². The first-order chi connectivity index (χ1) is 12.7. The summed E-state index contributed by atoms with van der Waals surface area (Å²) in [6.45, 7) is 0. The molecule has 0 radical (unpaired) electrons. The van der Waals surface area contributed by atoms with Crippen LogP contribution in [0.5, 0.6) is 0 Å². The van der Waals surface area contributed by atoms with Crippen molar-refractivity contribution in [2.75, 3.05) is 0 Å². The number of sulfone groups is 2. The van der Waals surface area contributed by atoms with E-state index in [4.69, 9.17) is 0 Å². The van der Waals surface area contributed by atoms with E-state index in [0.717, 1.165) is 18.2 Å². The van der Waals surface area contributed by atoms with Gasteiger partial charge in [0.25, 0.3) is 0 Å². The van der Waals surface area contributed by atoms with Crippen molar-refractivity contribution < 1.29 is 26.7 Å². The molecule has 0 aliphatic rings. The highest BCUT2D eigenvalue weighted by atomic mass is 32.2. The molecule has 3 aromatic carbocycles. The Labute approximate surface area is 156 Å². The van der Waals surface area contributed by atoms with Crippen molar-refractivity contribution in [1.29, 1.82) is 0 Å². The van der Waals surface area contributed by atoms with Gasteiger partial charge in [-0.15, -0.1) is 0 Å². The van der Waals surface area contributed by atoms with Crippen LogP contribution in [0.1, 0.15) is 10.4 Å². The average molecular weight is 402 g/mol. The van der Waals surface area contributed by atoms with Gasteiger partial charge in [0.2, 0.25) is 19.7 Å². The van der Waals surface area contributed by atoms with Gasteiger partial charge < -0.3 is 5.11 Å². The lowest BCUT2D eigenvalue weighted by atomic mass is 10.2. The first-order valence-electron chi connectivity index (χ1n) is 7.72. The molecular formula is C19H14O6S2. The quantitative estimate of drug-likeness (QED) is 0.703. The van der Waals surface area contributed by atoms with Gasteiger partial charge in [-0.2, -0.15) is 0 Å². The third-order valence-electron chi connectivity index (χ3n) is 3.89. The van der Waals surface area contributed by atoms with Crippen LogP contribution in [-0.4, -0.2) is 27.9 Å². The molecule has 3 rings (SSSR count). The predicted octanol–water partition coefficient (Wildman–Crippen LogP) is 3.05. The Hall–Kier alpha value is -2.97. The number of carboxylic acids is 1. The average Bonchev–Trinajstić information content (AvgIpc) is 2.68. The summed E-state index contributed by atoms with van der Waals surface area (Å²) in [5.74, 6) is -1.46. The van der Waals surface area contributed by atoms with Crippen LogP contribution in [0.25, 0.3) is 0 Å². The maximum atomic E-state index is 12.9. The lowest BCUT2D eigenvalue weighted by Crippen LogP contribution is -2.12. The second-order valence-corrected chi connectivity index (χ2v) is 9.46. The Bertz CT molecular complexity index is 1200. The summed E-state index contributed by atoms with van der Waals surface area (Å²) in [5.41, 5.74) is -0.495. The van der Waals surface area contributed by atoms with Gasteiger partial charge in [0.1, 0.15) is 0 Å². The highest BCUT2D eigenvalue weighted by molar-refractivity contribution is 7.92. The summed E-state index contributed by atoms with van der Waals surface area (Å²) in [6, 6.07) is 17.7. The van der Waals surface area contributed by atoms with E-state index in [-0.39, 0.29) is 14.7 Å². The van der Waals surface area contributed by atoms with Crippen LogP contribution in [0.4, 0.5) is 0 Å². The highest BCUT2D eigenvalue weighted by Crippen LogP contribution is 2.29.